The zero-order chi connectivity index (χ0) is 16.8. The molecule has 0 saturated carbocycles. The van der Waals surface area contributed by atoms with E-state index in [4.69, 9.17) is 13.9 Å². The van der Waals surface area contributed by atoms with Crippen LogP contribution in [-0.2, 0) is 14.3 Å². The number of ether oxygens (including phenoxy) is 2. The van der Waals surface area contributed by atoms with Gasteiger partial charge in [0.25, 0.3) is 0 Å². The SMILES string of the molecule is Cc1ccc([C@@H]2CCCCCN2C(=O)CCOC[C@H]2CCCO2)o1. The predicted octanol–water partition coefficient (Wildman–Crippen LogP) is 3.62. The molecule has 0 radical (unpaired) electrons. The molecule has 2 saturated heterocycles. The monoisotopic (exact) mass is 335 g/mol. The molecule has 0 aliphatic carbocycles. The van der Waals surface area contributed by atoms with E-state index in [1.165, 1.54) is 6.42 Å². The van der Waals surface area contributed by atoms with E-state index in [-0.39, 0.29) is 18.1 Å². The number of nitrogens with zero attached hydrogens (tertiary/aromatic N) is 1. The van der Waals surface area contributed by atoms with Crippen LogP contribution in [0.4, 0.5) is 0 Å². The summed E-state index contributed by atoms with van der Waals surface area (Å²) >= 11 is 0. The molecule has 5 nitrogen and oxygen atoms in total. The van der Waals surface area contributed by atoms with Gasteiger partial charge in [0.15, 0.2) is 0 Å². The highest BCUT2D eigenvalue weighted by atomic mass is 16.5. The van der Waals surface area contributed by atoms with Crippen LogP contribution in [-0.4, -0.2) is 43.3 Å². The average molecular weight is 335 g/mol. The topological polar surface area (TPSA) is 51.9 Å². The van der Waals surface area contributed by atoms with Crippen molar-refractivity contribution in [1.29, 1.82) is 0 Å². The molecule has 134 valence electrons. The Morgan fingerprint density at radius 2 is 2.17 bits per heavy atom. The van der Waals surface area contributed by atoms with Gasteiger partial charge in [-0.15, -0.1) is 0 Å². The molecule has 5 heteroatoms. The second-order valence-corrected chi connectivity index (χ2v) is 6.86. The number of carbonyl (C=O) groups is 1. The molecule has 1 amide bonds. The van der Waals surface area contributed by atoms with E-state index in [2.05, 4.69) is 0 Å². The van der Waals surface area contributed by atoms with Gasteiger partial charge in [-0.3, -0.25) is 4.79 Å². The summed E-state index contributed by atoms with van der Waals surface area (Å²) in [5.41, 5.74) is 0. The minimum atomic E-state index is 0.0758. The van der Waals surface area contributed by atoms with Gasteiger partial charge in [-0.25, -0.2) is 0 Å². The Hall–Kier alpha value is -1.33. The summed E-state index contributed by atoms with van der Waals surface area (Å²) in [4.78, 5) is 14.7. The number of carbonyl (C=O) groups excluding carboxylic acids is 1. The third-order valence-electron chi connectivity index (χ3n) is 4.95. The lowest BCUT2D eigenvalue weighted by Crippen LogP contribution is -2.35. The van der Waals surface area contributed by atoms with E-state index >= 15 is 0 Å². The standard InChI is InChI=1S/C19H29NO4/c1-15-8-9-18(24-15)17-7-3-2-4-11-20(17)19(21)10-13-22-14-16-6-5-12-23-16/h8-9,16-17H,2-7,10-14H2,1H3/t16-,17+/m1/s1. The van der Waals surface area contributed by atoms with Crippen LogP contribution in [0.2, 0.25) is 0 Å². The van der Waals surface area contributed by atoms with E-state index in [1.54, 1.807) is 0 Å². The molecular weight excluding hydrogens is 306 g/mol. The van der Waals surface area contributed by atoms with Crippen LogP contribution in [0.5, 0.6) is 0 Å². The van der Waals surface area contributed by atoms with E-state index in [9.17, 15) is 4.79 Å². The fourth-order valence-corrected chi connectivity index (χ4v) is 3.63. The Morgan fingerprint density at radius 1 is 1.25 bits per heavy atom. The van der Waals surface area contributed by atoms with Crippen molar-refractivity contribution in [3.05, 3.63) is 23.7 Å². The Kier molecular flexibility index (Phi) is 6.32. The zero-order valence-electron chi connectivity index (χ0n) is 14.7. The fraction of sp³-hybridized carbons (Fsp3) is 0.737. The molecule has 0 bridgehead atoms. The molecule has 1 aromatic heterocycles. The van der Waals surface area contributed by atoms with E-state index in [0.29, 0.717) is 19.6 Å². The number of rotatable bonds is 6. The summed E-state index contributed by atoms with van der Waals surface area (Å²) in [6.07, 6.45) is 7.21. The van der Waals surface area contributed by atoms with Crippen molar-refractivity contribution in [2.24, 2.45) is 0 Å². The lowest BCUT2D eigenvalue weighted by Gasteiger charge is -2.29. The van der Waals surface area contributed by atoms with Gasteiger partial charge in [-0.2, -0.15) is 0 Å². The van der Waals surface area contributed by atoms with Gasteiger partial charge in [0, 0.05) is 13.2 Å². The predicted molar refractivity (Wildman–Crippen MR) is 90.8 cm³/mol. The second-order valence-electron chi connectivity index (χ2n) is 6.86. The lowest BCUT2D eigenvalue weighted by atomic mass is 10.1. The molecule has 0 aromatic carbocycles. The quantitative estimate of drug-likeness (QED) is 0.745. The van der Waals surface area contributed by atoms with Gasteiger partial charge in [-0.1, -0.05) is 12.8 Å². The molecule has 2 atom stereocenters. The van der Waals surface area contributed by atoms with Crippen LogP contribution in [0.15, 0.2) is 16.5 Å². The summed E-state index contributed by atoms with van der Waals surface area (Å²) < 4.78 is 17.0. The summed E-state index contributed by atoms with van der Waals surface area (Å²) in [7, 11) is 0. The maximum atomic E-state index is 12.7. The summed E-state index contributed by atoms with van der Waals surface area (Å²) in [6, 6.07) is 4.07. The molecule has 2 aliphatic rings. The van der Waals surface area contributed by atoms with Crippen molar-refractivity contribution < 1.29 is 18.7 Å². The summed E-state index contributed by atoms with van der Waals surface area (Å²) in [5, 5.41) is 0. The maximum Gasteiger partial charge on any atom is 0.225 e. The van der Waals surface area contributed by atoms with Gasteiger partial charge in [0.1, 0.15) is 11.5 Å². The normalized spacial score (nSPS) is 25.0. The number of likely N-dealkylation sites (tertiary alicyclic amines) is 1. The zero-order valence-corrected chi connectivity index (χ0v) is 14.7. The highest BCUT2D eigenvalue weighted by Crippen LogP contribution is 2.31. The van der Waals surface area contributed by atoms with Crippen LogP contribution in [0.3, 0.4) is 0 Å². The minimum Gasteiger partial charge on any atom is -0.464 e. The number of aryl methyl sites for hydroxylation is 1. The maximum absolute atomic E-state index is 12.7. The van der Waals surface area contributed by atoms with E-state index in [1.807, 2.05) is 24.0 Å². The molecule has 0 spiro atoms. The molecule has 0 N–H and O–H groups in total. The summed E-state index contributed by atoms with van der Waals surface area (Å²) in [5.74, 6) is 1.99. The Balaban J connectivity index is 1.51. The van der Waals surface area contributed by atoms with Crippen LogP contribution in [0.25, 0.3) is 0 Å². The van der Waals surface area contributed by atoms with Gasteiger partial charge in [0.05, 0.1) is 31.8 Å². The molecule has 24 heavy (non-hydrogen) atoms. The molecule has 3 heterocycles. The number of furan rings is 1. The fourth-order valence-electron chi connectivity index (χ4n) is 3.63. The first kappa shape index (κ1) is 17.5. The first-order chi connectivity index (χ1) is 11.7. The lowest BCUT2D eigenvalue weighted by molar-refractivity contribution is -0.135. The average Bonchev–Trinajstić information content (AvgIpc) is 3.18. The van der Waals surface area contributed by atoms with Crippen molar-refractivity contribution in [2.75, 3.05) is 26.4 Å². The molecule has 0 unspecified atom stereocenters. The first-order valence-corrected chi connectivity index (χ1v) is 9.29. The summed E-state index contributed by atoms with van der Waals surface area (Å²) in [6.45, 7) is 4.68. The van der Waals surface area contributed by atoms with Gasteiger partial charge in [-0.05, 0) is 44.7 Å². The number of amides is 1. The van der Waals surface area contributed by atoms with Gasteiger partial charge < -0.3 is 18.8 Å². The number of hydrogen-bond acceptors (Lipinski definition) is 4. The van der Waals surface area contributed by atoms with Gasteiger partial charge >= 0.3 is 0 Å². The smallest absolute Gasteiger partial charge is 0.225 e. The van der Waals surface area contributed by atoms with Crippen LogP contribution < -0.4 is 0 Å². The minimum absolute atomic E-state index is 0.0758. The van der Waals surface area contributed by atoms with E-state index < -0.39 is 0 Å². The Labute approximate surface area is 144 Å². The third kappa shape index (κ3) is 4.61. The molecular formula is C19H29NO4. The van der Waals surface area contributed by atoms with Crippen molar-refractivity contribution in [1.82, 2.24) is 4.90 Å². The van der Waals surface area contributed by atoms with Crippen molar-refractivity contribution in [2.45, 2.75) is 64.0 Å². The molecule has 2 fully saturated rings. The van der Waals surface area contributed by atoms with E-state index in [0.717, 1.165) is 56.8 Å². The number of hydrogen-bond donors (Lipinski definition) is 0. The third-order valence-corrected chi connectivity index (χ3v) is 4.95. The largest absolute Gasteiger partial charge is 0.464 e. The molecule has 2 aliphatic heterocycles. The van der Waals surface area contributed by atoms with Crippen molar-refractivity contribution in [3.63, 3.8) is 0 Å². The Morgan fingerprint density at radius 3 is 2.92 bits per heavy atom. The molecule has 3 rings (SSSR count). The van der Waals surface area contributed by atoms with Crippen molar-refractivity contribution >= 4 is 5.91 Å². The Bertz CT molecular complexity index is 521. The second kappa shape index (κ2) is 8.67. The van der Waals surface area contributed by atoms with Crippen LogP contribution in [0.1, 0.15) is 62.5 Å². The highest BCUT2D eigenvalue weighted by molar-refractivity contribution is 5.76. The highest BCUT2D eigenvalue weighted by Gasteiger charge is 2.28. The first-order valence-electron chi connectivity index (χ1n) is 9.29. The van der Waals surface area contributed by atoms with Gasteiger partial charge in [0.2, 0.25) is 5.91 Å². The van der Waals surface area contributed by atoms with Crippen LogP contribution >= 0.6 is 0 Å². The van der Waals surface area contributed by atoms with Crippen LogP contribution in [0, 0.1) is 6.92 Å². The van der Waals surface area contributed by atoms with Crippen molar-refractivity contribution in [3.8, 4) is 0 Å². The molecule has 1 aromatic rings.